The molecule has 0 atom stereocenters. The van der Waals surface area contributed by atoms with Gasteiger partial charge >= 0.3 is 11.5 Å². The lowest BCUT2D eigenvalue weighted by atomic mass is 10.2. The third-order valence-electron chi connectivity index (χ3n) is 4.00. The number of nitrogens with zero attached hydrogens (tertiary/aromatic N) is 4. The smallest absolute Gasteiger partial charge is 0.365 e. The minimum absolute atomic E-state index is 0.00107. The molecule has 12 heteroatoms. The molecule has 4 rings (SSSR count). The standard InChI is InChI=1S/C18H8Cl2N6O4/c1-21-14-16(28)22-18(29)26(25-14)8-6-11(19)13(12(20)7-8)30-17-10-5-3-2-4-9(10)15(27)23-24-17/h2-7H,(H,23,27)(H,22,28,29). The topological polar surface area (TPSA) is 127 Å². The van der Waals surface area contributed by atoms with E-state index in [0.717, 1.165) is 4.68 Å². The van der Waals surface area contributed by atoms with E-state index in [0.29, 0.717) is 10.8 Å². The summed E-state index contributed by atoms with van der Waals surface area (Å²) in [5, 5.41) is 10.7. The summed E-state index contributed by atoms with van der Waals surface area (Å²) in [7, 11) is 0. The molecule has 30 heavy (non-hydrogen) atoms. The van der Waals surface area contributed by atoms with E-state index in [1.807, 2.05) is 4.98 Å². The van der Waals surface area contributed by atoms with E-state index in [1.165, 1.54) is 12.1 Å². The van der Waals surface area contributed by atoms with Crippen LogP contribution in [0, 0.1) is 6.57 Å². The second kappa shape index (κ2) is 7.47. The van der Waals surface area contributed by atoms with Crippen LogP contribution in [0.4, 0.5) is 5.82 Å². The summed E-state index contributed by atoms with van der Waals surface area (Å²) >= 11 is 12.6. The molecule has 0 saturated carbocycles. The van der Waals surface area contributed by atoms with Crippen LogP contribution in [-0.4, -0.2) is 25.0 Å². The van der Waals surface area contributed by atoms with E-state index in [1.54, 1.807) is 24.3 Å². The fourth-order valence-electron chi connectivity index (χ4n) is 2.67. The minimum atomic E-state index is -0.903. The average Bonchev–Trinajstić information content (AvgIpc) is 2.72. The highest BCUT2D eigenvalue weighted by Crippen LogP contribution is 2.38. The third-order valence-corrected chi connectivity index (χ3v) is 4.57. The molecule has 0 unspecified atom stereocenters. The maximum absolute atomic E-state index is 12.1. The Morgan fingerprint density at radius 1 is 1.03 bits per heavy atom. The molecule has 2 heterocycles. The van der Waals surface area contributed by atoms with Crippen LogP contribution in [0.25, 0.3) is 21.3 Å². The molecule has 0 amide bonds. The lowest BCUT2D eigenvalue weighted by Crippen LogP contribution is -2.30. The first-order valence-electron chi connectivity index (χ1n) is 8.15. The van der Waals surface area contributed by atoms with E-state index in [-0.39, 0.29) is 32.9 Å². The second-order valence-electron chi connectivity index (χ2n) is 5.85. The van der Waals surface area contributed by atoms with Gasteiger partial charge in [0.05, 0.1) is 26.5 Å². The van der Waals surface area contributed by atoms with Gasteiger partial charge in [-0.1, -0.05) is 41.9 Å². The minimum Gasteiger partial charge on any atom is -0.434 e. The molecule has 2 aromatic carbocycles. The number of hydrogen-bond acceptors (Lipinski definition) is 6. The van der Waals surface area contributed by atoms with Gasteiger partial charge in [0, 0.05) is 0 Å². The van der Waals surface area contributed by atoms with Gasteiger partial charge in [0.15, 0.2) is 5.75 Å². The molecule has 0 bridgehead atoms. The summed E-state index contributed by atoms with van der Waals surface area (Å²) < 4.78 is 6.52. The largest absolute Gasteiger partial charge is 0.434 e. The van der Waals surface area contributed by atoms with Crippen molar-refractivity contribution in [2.75, 3.05) is 0 Å². The quantitative estimate of drug-likeness (QED) is 0.469. The van der Waals surface area contributed by atoms with Crippen LogP contribution in [0.5, 0.6) is 11.6 Å². The maximum atomic E-state index is 12.1. The summed E-state index contributed by atoms with van der Waals surface area (Å²) in [4.78, 5) is 40.5. The predicted octanol–water partition coefficient (Wildman–Crippen LogP) is 2.81. The van der Waals surface area contributed by atoms with Gasteiger partial charge in [-0.05, 0) is 29.4 Å². The number of fused-ring (bicyclic) bond motifs is 1. The Kier molecular flexibility index (Phi) is 4.83. The summed E-state index contributed by atoms with van der Waals surface area (Å²) in [6.07, 6.45) is 0. The van der Waals surface area contributed by atoms with Crippen LogP contribution in [0.2, 0.25) is 10.0 Å². The SMILES string of the molecule is [C-]#[N+]c1nn(-c2cc(Cl)c(Oc3n[nH]c(=O)c4ccccc34)c(Cl)c2)c(=O)[nH]c1=O. The number of hydrogen-bond donors (Lipinski definition) is 2. The molecule has 0 radical (unpaired) electrons. The molecule has 0 aliphatic carbocycles. The van der Waals surface area contributed by atoms with Crippen molar-refractivity contribution in [3.63, 3.8) is 0 Å². The van der Waals surface area contributed by atoms with E-state index in [2.05, 4.69) is 20.1 Å². The number of rotatable bonds is 3. The zero-order valence-electron chi connectivity index (χ0n) is 14.6. The second-order valence-corrected chi connectivity index (χ2v) is 6.66. The molecule has 10 nitrogen and oxygen atoms in total. The van der Waals surface area contributed by atoms with E-state index < -0.39 is 17.1 Å². The number of halogens is 2. The van der Waals surface area contributed by atoms with Gasteiger partial charge in [0.25, 0.3) is 11.1 Å². The summed E-state index contributed by atoms with van der Waals surface area (Å²) in [6.45, 7) is 6.96. The van der Waals surface area contributed by atoms with Crippen molar-refractivity contribution < 1.29 is 4.74 Å². The zero-order valence-corrected chi connectivity index (χ0v) is 16.2. The highest BCUT2D eigenvalue weighted by Gasteiger charge is 2.18. The molecular weight excluding hydrogens is 435 g/mol. The molecule has 0 aliphatic heterocycles. The first kappa shape index (κ1) is 19.4. The highest BCUT2D eigenvalue weighted by atomic mass is 35.5. The van der Waals surface area contributed by atoms with E-state index >= 15 is 0 Å². The Balaban J connectivity index is 1.82. The Morgan fingerprint density at radius 3 is 2.37 bits per heavy atom. The molecule has 0 saturated heterocycles. The van der Waals surface area contributed by atoms with Crippen LogP contribution < -0.4 is 21.5 Å². The molecule has 2 N–H and O–H groups in total. The first-order chi connectivity index (χ1) is 14.4. The van der Waals surface area contributed by atoms with Gasteiger partial charge in [-0.2, -0.15) is 0 Å². The predicted molar refractivity (Wildman–Crippen MR) is 109 cm³/mol. The number of benzene rings is 2. The summed E-state index contributed by atoms with van der Waals surface area (Å²) in [5.41, 5.74) is -2.06. The van der Waals surface area contributed by atoms with Crippen LogP contribution >= 0.6 is 23.2 Å². The average molecular weight is 443 g/mol. The maximum Gasteiger partial charge on any atom is 0.365 e. The molecule has 2 aromatic heterocycles. The Bertz CT molecular complexity index is 1510. The van der Waals surface area contributed by atoms with Gasteiger partial charge in [0.1, 0.15) is 0 Å². The van der Waals surface area contributed by atoms with Crippen LogP contribution in [0.15, 0.2) is 50.8 Å². The monoisotopic (exact) mass is 442 g/mol. The Morgan fingerprint density at radius 2 is 1.70 bits per heavy atom. The Labute approximate surface area is 176 Å². The van der Waals surface area contributed by atoms with E-state index in [4.69, 9.17) is 34.5 Å². The number of aromatic amines is 2. The number of aromatic nitrogens is 5. The van der Waals surface area contributed by atoms with Crippen molar-refractivity contribution in [3.8, 4) is 17.3 Å². The van der Waals surface area contributed by atoms with Crippen molar-refractivity contribution in [3.05, 3.63) is 89.1 Å². The normalized spacial score (nSPS) is 10.7. The van der Waals surface area contributed by atoms with Crippen LogP contribution in [0.3, 0.4) is 0 Å². The fraction of sp³-hybridized carbons (Fsp3) is 0. The molecule has 0 aliphatic rings. The van der Waals surface area contributed by atoms with Crippen molar-refractivity contribution in [1.29, 1.82) is 0 Å². The van der Waals surface area contributed by atoms with Crippen LogP contribution in [-0.2, 0) is 0 Å². The number of H-pyrrole nitrogens is 2. The van der Waals surface area contributed by atoms with E-state index in [9.17, 15) is 14.4 Å². The van der Waals surface area contributed by atoms with Crippen molar-refractivity contribution in [1.82, 2.24) is 25.0 Å². The van der Waals surface area contributed by atoms with Crippen molar-refractivity contribution in [2.45, 2.75) is 0 Å². The highest BCUT2D eigenvalue weighted by molar-refractivity contribution is 6.37. The van der Waals surface area contributed by atoms with Gasteiger partial charge in [-0.25, -0.2) is 9.89 Å². The van der Waals surface area contributed by atoms with Crippen molar-refractivity contribution >= 4 is 39.8 Å². The molecule has 0 fully saturated rings. The Hall–Kier alpha value is -3.94. The van der Waals surface area contributed by atoms with Crippen LogP contribution in [0.1, 0.15) is 0 Å². The number of ether oxygens (including phenoxy) is 1. The third kappa shape index (κ3) is 3.32. The summed E-state index contributed by atoms with van der Waals surface area (Å²) in [5.74, 6) is -0.433. The first-order valence-corrected chi connectivity index (χ1v) is 8.90. The van der Waals surface area contributed by atoms with Gasteiger partial charge in [-0.15, -0.1) is 9.78 Å². The van der Waals surface area contributed by atoms with Gasteiger partial charge in [-0.3, -0.25) is 14.6 Å². The zero-order chi connectivity index (χ0) is 21.4. The van der Waals surface area contributed by atoms with Gasteiger partial charge < -0.3 is 9.58 Å². The molecular formula is C18H8Cl2N6O4. The molecule has 0 spiro atoms. The van der Waals surface area contributed by atoms with Gasteiger partial charge in [0.2, 0.25) is 5.88 Å². The lowest BCUT2D eigenvalue weighted by Gasteiger charge is -2.11. The lowest BCUT2D eigenvalue weighted by molar-refractivity contribution is 0.461. The fourth-order valence-corrected chi connectivity index (χ4v) is 3.22. The molecule has 148 valence electrons. The number of nitrogens with one attached hydrogen (secondary N) is 2. The summed E-state index contributed by atoms with van der Waals surface area (Å²) in [6, 6.07) is 9.30. The van der Waals surface area contributed by atoms with Crippen molar-refractivity contribution in [2.24, 2.45) is 0 Å². The molecule has 4 aromatic rings.